The minimum absolute atomic E-state index is 0.170. The Morgan fingerprint density at radius 2 is 1.87 bits per heavy atom. The van der Waals surface area contributed by atoms with Crippen LogP contribution in [0.1, 0.15) is 57.1 Å². The Bertz CT molecular complexity index is 1660. The fourth-order valence-corrected chi connectivity index (χ4v) is 5.41. The van der Waals surface area contributed by atoms with E-state index in [9.17, 15) is 9.90 Å². The van der Waals surface area contributed by atoms with E-state index in [1.807, 2.05) is 57.5 Å². The number of benzene rings is 2. The molecular formula is C38H43Cl2N3O3. The minimum atomic E-state index is -0.984. The maximum Gasteiger partial charge on any atom is 0.335 e. The van der Waals surface area contributed by atoms with Gasteiger partial charge >= 0.3 is 5.97 Å². The average molecular weight is 661 g/mol. The van der Waals surface area contributed by atoms with Crippen LogP contribution in [0.5, 0.6) is 5.75 Å². The number of hydrogen-bond donors (Lipinski definition) is 2. The minimum Gasteiger partial charge on any atom is -0.495 e. The number of alkyl halides is 1. The van der Waals surface area contributed by atoms with Crippen LogP contribution in [-0.2, 0) is 11.3 Å². The van der Waals surface area contributed by atoms with Crippen molar-refractivity contribution in [1.29, 1.82) is 0 Å². The number of rotatable bonds is 16. The number of imidazole rings is 1. The zero-order valence-electron chi connectivity index (χ0n) is 27.2. The topological polar surface area (TPSA) is 76.4 Å². The molecule has 242 valence electrons. The van der Waals surface area contributed by atoms with Gasteiger partial charge in [-0.05, 0) is 67.2 Å². The lowest BCUT2D eigenvalue weighted by Crippen LogP contribution is -2.02. The third kappa shape index (κ3) is 10.4. The van der Waals surface area contributed by atoms with E-state index in [1.165, 1.54) is 6.08 Å². The average Bonchev–Trinajstić information content (AvgIpc) is 3.45. The third-order valence-electron chi connectivity index (χ3n) is 7.43. The Kier molecular flexibility index (Phi) is 14.2. The second kappa shape index (κ2) is 18.0. The lowest BCUT2D eigenvalue weighted by Gasteiger charge is -2.10. The van der Waals surface area contributed by atoms with E-state index >= 15 is 0 Å². The van der Waals surface area contributed by atoms with Crippen molar-refractivity contribution in [2.45, 2.75) is 52.0 Å². The molecule has 1 unspecified atom stereocenters. The summed E-state index contributed by atoms with van der Waals surface area (Å²) in [4.78, 5) is 16.4. The number of nitrogens with zero attached hydrogens (tertiary/aromatic N) is 2. The highest BCUT2D eigenvalue weighted by Gasteiger charge is 2.13. The van der Waals surface area contributed by atoms with Crippen molar-refractivity contribution >= 4 is 52.6 Å². The fraction of sp³-hybridized carbons (Fsp3) is 0.263. The number of halogens is 2. The van der Waals surface area contributed by atoms with Crippen LogP contribution in [0.25, 0.3) is 28.9 Å². The van der Waals surface area contributed by atoms with Gasteiger partial charge in [0.15, 0.2) is 0 Å². The molecule has 46 heavy (non-hydrogen) atoms. The van der Waals surface area contributed by atoms with Crippen molar-refractivity contribution in [1.82, 2.24) is 9.55 Å². The molecule has 0 amide bonds. The first kappa shape index (κ1) is 36.2. The number of aromatic nitrogens is 2. The molecule has 0 bridgehead atoms. The molecule has 6 nitrogen and oxygen atoms in total. The van der Waals surface area contributed by atoms with Gasteiger partial charge in [0, 0.05) is 31.2 Å². The number of anilines is 1. The van der Waals surface area contributed by atoms with Crippen LogP contribution in [0.15, 0.2) is 102 Å². The molecular weight excluding hydrogens is 617 g/mol. The van der Waals surface area contributed by atoms with Crippen LogP contribution in [-0.4, -0.2) is 40.2 Å². The molecule has 1 heterocycles. The molecule has 0 aliphatic heterocycles. The molecule has 0 aliphatic rings. The van der Waals surface area contributed by atoms with Gasteiger partial charge in [-0.2, -0.15) is 0 Å². The summed E-state index contributed by atoms with van der Waals surface area (Å²) >= 11 is 12.7. The van der Waals surface area contributed by atoms with E-state index in [-0.39, 0.29) is 11.0 Å². The molecule has 1 aromatic heterocycles. The summed E-state index contributed by atoms with van der Waals surface area (Å²) in [5.41, 5.74) is 7.31. The van der Waals surface area contributed by atoms with Crippen molar-refractivity contribution in [3.8, 4) is 16.9 Å². The standard InChI is InChI=1S/C38H43Cl2N3O3/c1-7-27(11-10-12-29(8-2)38(44)45)24-43-25-35(30(9-3)22-33(40)21-26(4)39)42-37(43)20-15-28-13-16-31(17-14-28)32-18-19-34(41-5)36(23-32)46-6/h8-9,11-21,23,25-26,41H,2,7,10,22,24H2,1,3-6H3,(H,44,45)/b20-15+,27-11+,29-12+,30-9+,33-21+. The van der Waals surface area contributed by atoms with E-state index in [1.54, 1.807) is 13.2 Å². The van der Waals surface area contributed by atoms with Crippen molar-refractivity contribution in [2.24, 2.45) is 0 Å². The summed E-state index contributed by atoms with van der Waals surface area (Å²) in [6.07, 6.45) is 16.9. The van der Waals surface area contributed by atoms with Crippen molar-refractivity contribution < 1.29 is 14.6 Å². The van der Waals surface area contributed by atoms with E-state index in [0.29, 0.717) is 24.4 Å². The van der Waals surface area contributed by atoms with Crippen LogP contribution in [0.2, 0.25) is 0 Å². The molecule has 0 aliphatic carbocycles. The molecule has 8 heteroatoms. The number of ether oxygens (including phenoxy) is 1. The fourth-order valence-electron chi connectivity index (χ4n) is 4.86. The zero-order valence-corrected chi connectivity index (χ0v) is 28.7. The van der Waals surface area contributed by atoms with Gasteiger partial charge in [-0.1, -0.05) is 97.5 Å². The summed E-state index contributed by atoms with van der Waals surface area (Å²) in [5, 5.41) is 12.9. The Balaban J connectivity index is 1.94. The maximum atomic E-state index is 11.4. The number of aliphatic carboxylic acids is 1. The van der Waals surface area contributed by atoms with Crippen LogP contribution in [0.4, 0.5) is 5.69 Å². The van der Waals surface area contributed by atoms with Crippen LogP contribution >= 0.6 is 23.2 Å². The van der Waals surface area contributed by atoms with Gasteiger partial charge in [0.1, 0.15) is 11.6 Å². The molecule has 0 saturated heterocycles. The van der Waals surface area contributed by atoms with Crippen LogP contribution in [0.3, 0.4) is 0 Å². The molecule has 3 rings (SSSR count). The number of allylic oxidation sites excluding steroid dienone is 7. The highest BCUT2D eigenvalue weighted by molar-refractivity contribution is 6.31. The Morgan fingerprint density at radius 3 is 2.46 bits per heavy atom. The molecule has 1 atom stereocenters. The first-order valence-electron chi connectivity index (χ1n) is 15.2. The second-order valence-corrected chi connectivity index (χ2v) is 11.8. The van der Waals surface area contributed by atoms with Crippen molar-refractivity contribution in [3.63, 3.8) is 0 Å². The summed E-state index contributed by atoms with van der Waals surface area (Å²) in [6, 6.07) is 14.5. The van der Waals surface area contributed by atoms with Gasteiger partial charge in [-0.15, -0.1) is 11.6 Å². The highest BCUT2D eigenvalue weighted by Crippen LogP contribution is 2.31. The van der Waals surface area contributed by atoms with E-state index in [2.05, 4.69) is 65.9 Å². The molecule has 0 saturated carbocycles. The number of hydrogen-bond acceptors (Lipinski definition) is 4. The maximum absolute atomic E-state index is 11.4. The normalized spacial score (nSPS) is 13.6. The quantitative estimate of drug-likeness (QED) is 0.0692. The molecule has 0 radical (unpaired) electrons. The number of nitrogens with one attached hydrogen (secondary N) is 1. The number of carboxylic acids is 1. The highest BCUT2D eigenvalue weighted by atomic mass is 35.5. The molecule has 0 spiro atoms. The Morgan fingerprint density at radius 1 is 1.15 bits per heavy atom. The predicted molar refractivity (Wildman–Crippen MR) is 196 cm³/mol. The van der Waals surface area contributed by atoms with Gasteiger partial charge in [-0.25, -0.2) is 9.78 Å². The van der Waals surface area contributed by atoms with Crippen LogP contribution < -0.4 is 10.1 Å². The first-order valence-corrected chi connectivity index (χ1v) is 16.0. The van der Waals surface area contributed by atoms with Crippen molar-refractivity contribution in [3.05, 3.63) is 119 Å². The monoisotopic (exact) mass is 659 g/mol. The smallest absolute Gasteiger partial charge is 0.335 e. The summed E-state index contributed by atoms with van der Waals surface area (Å²) in [6.45, 7) is 10.2. The number of carboxylic acid groups (broad SMARTS) is 1. The van der Waals surface area contributed by atoms with Gasteiger partial charge < -0.3 is 19.7 Å². The lowest BCUT2D eigenvalue weighted by atomic mass is 10.0. The third-order valence-corrected chi connectivity index (χ3v) is 7.82. The zero-order chi connectivity index (χ0) is 33.6. The van der Waals surface area contributed by atoms with Gasteiger partial charge in [0.2, 0.25) is 0 Å². The van der Waals surface area contributed by atoms with Gasteiger partial charge in [0.05, 0.1) is 29.4 Å². The van der Waals surface area contributed by atoms with E-state index in [0.717, 1.165) is 57.2 Å². The largest absolute Gasteiger partial charge is 0.495 e. The predicted octanol–water partition coefficient (Wildman–Crippen LogP) is 10.2. The molecule has 2 aromatic carbocycles. The van der Waals surface area contributed by atoms with Gasteiger partial charge in [0.25, 0.3) is 0 Å². The van der Waals surface area contributed by atoms with E-state index < -0.39 is 5.97 Å². The molecule has 2 N–H and O–H groups in total. The first-order chi connectivity index (χ1) is 22.1. The Labute approximate surface area is 283 Å². The number of methoxy groups -OCH3 is 1. The molecule has 3 aromatic rings. The van der Waals surface area contributed by atoms with Crippen LogP contribution in [0, 0.1) is 0 Å². The van der Waals surface area contributed by atoms with Gasteiger partial charge in [-0.3, -0.25) is 0 Å². The Hall–Kier alpha value is -4.26. The SMILES string of the molecule is C=C/C(=C\C/C=C(\CC)Cn1cc(/C(=C/C)C/C(Cl)=C\C(C)Cl)nc1/C=C/c1ccc(-c2ccc(NC)c(OC)c2)cc1)C(=O)O. The molecule has 0 fully saturated rings. The summed E-state index contributed by atoms with van der Waals surface area (Å²) in [5.74, 6) is 0.604. The van der Waals surface area contributed by atoms with Crippen molar-refractivity contribution in [2.75, 3.05) is 19.5 Å². The lowest BCUT2D eigenvalue weighted by molar-refractivity contribution is -0.132. The second-order valence-electron chi connectivity index (χ2n) is 10.6. The summed E-state index contributed by atoms with van der Waals surface area (Å²) < 4.78 is 7.65. The summed E-state index contributed by atoms with van der Waals surface area (Å²) in [7, 11) is 3.54. The van der Waals surface area contributed by atoms with E-state index in [4.69, 9.17) is 32.9 Å². The number of carbonyl (C=O) groups is 1.